The van der Waals surface area contributed by atoms with Gasteiger partial charge in [0.15, 0.2) is 0 Å². The number of carbonyl (C=O) groups excluding carboxylic acids is 2. The van der Waals surface area contributed by atoms with Crippen LogP contribution in [0.5, 0.6) is 0 Å². The van der Waals surface area contributed by atoms with Crippen LogP contribution in [0.25, 0.3) is 0 Å². The minimum Gasteiger partial charge on any atom is -0.460 e. The van der Waals surface area contributed by atoms with E-state index < -0.39 is 11.9 Å². The molecule has 0 radical (unpaired) electrons. The van der Waals surface area contributed by atoms with Crippen molar-refractivity contribution < 1.29 is 23.8 Å². The van der Waals surface area contributed by atoms with Crippen molar-refractivity contribution in [3.8, 4) is 0 Å². The van der Waals surface area contributed by atoms with Crippen molar-refractivity contribution in [1.29, 1.82) is 0 Å². The highest BCUT2D eigenvalue weighted by molar-refractivity contribution is 5.81. The summed E-state index contributed by atoms with van der Waals surface area (Å²) < 4.78 is 14.3. The van der Waals surface area contributed by atoms with Crippen molar-refractivity contribution in [1.82, 2.24) is 0 Å². The number of carbonyl (C=O) groups is 2. The molecule has 0 aromatic rings. The van der Waals surface area contributed by atoms with Gasteiger partial charge in [-0.25, -0.2) is 9.59 Å². The first-order chi connectivity index (χ1) is 8.20. The van der Waals surface area contributed by atoms with Gasteiger partial charge in [0.1, 0.15) is 13.2 Å². The van der Waals surface area contributed by atoms with Gasteiger partial charge in [-0.3, -0.25) is 0 Å². The van der Waals surface area contributed by atoms with Gasteiger partial charge in [-0.15, -0.1) is 13.2 Å². The number of esters is 2. The Morgan fingerprint density at radius 1 is 0.824 bits per heavy atom. The van der Waals surface area contributed by atoms with E-state index >= 15 is 0 Å². The largest absolute Gasteiger partial charge is 0.460 e. The summed E-state index contributed by atoms with van der Waals surface area (Å²) in [5.41, 5.74) is 0. The quantitative estimate of drug-likeness (QED) is 0.277. The summed E-state index contributed by atoms with van der Waals surface area (Å²) in [6.07, 6.45) is 2.15. The van der Waals surface area contributed by atoms with Crippen molar-refractivity contribution >= 4 is 11.9 Å². The Bertz CT molecular complexity index is 223. The normalized spacial score (nSPS) is 8.24. The van der Waals surface area contributed by atoms with E-state index in [9.17, 15) is 9.59 Å². The zero-order chi connectivity index (χ0) is 13.5. The molecule has 0 heterocycles. The molecule has 0 saturated heterocycles. The molecule has 0 atom stereocenters. The molecule has 0 rings (SSSR count). The van der Waals surface area contributed by atoms with E-state index in [4.69, 9.17) is 4.74 Å². The van der Waals surface area contributed by atoms with Crippen LogP contribution in [0, 0.1) is 0 Å². The Balaban J connectivity index is 0. The third-order valence-electron chi connectivity index (χ3n) is 1.28. The monoisotopic (exact) mass is 242 g/mol. The zero-order valence-electron chi connectivity index (χ0n) is 9.85. The highest BCUT2D eigenvalue weighted by Gasteiger charge is 1.96. The molecule has 17 heavy (non-hydrogen) atoms. The fourth-order valence-electron chi connectivity index (χ4n) is 0.622. The van der Waals surface area contributed by atoms with Gasteiger partial charge in [0.25, 0.3) is 0 Å². The van der Waals surface area contributed by atoms with Crippen molar-refractivity contribution in [3.05, 3.63) is 38.5 Å². The molecule has 0 amide bonds. The topological polar surface area (TPSA) is 61.8 Å². The van der Waals surface area contributed by atoms with Crippen LogP contribution >= 0.6 is 0 Å². The van der Waals surface area contributed by atoms with Crippen molar-refractivity contribution in [2.75, 3.05) is 26.4 Å². The van der Waals surface area contributed by atoms with Crippen LogP contribution in [0.3, 0.4) is 0 Å². The number of rotatable bonds is 8. The second-order valence-corrected chi connectivity index (χ2v) is 2.36. The summed E-state index contributed by atoms with van der Waals surface area (Å²) in [6, 6.07) is 0. The van der Waals surface area contributed by atoms with Gasteiger partial charge in [-0.1, -0.05) is 13.2 Å². The molecule has 0 fully saturated rings. The van der Waals surface area contributed by atoms with Crippen molar-refractivity contribution in [2.24, 2.45) is 0 Å². The summed E-state index contributed by atoms with van der Waals surface area (Å²) in [6.45, 7) is 13.3. The lowest BCUT2D eigenvalue weighted by Crippen LogP contribution is -2.12. The Morgan fingerprint density at radius 2 is 1.18 bits per heavy atom. The molecule has 0 N–H and O–H groups in total. The Hall–Kier alpha value is -1.88. The molecule has 0 aliphatic carbocycles. The molecule has 0 saturated carbocycles. The van der Waals surface area contributed by atoms with Gasteiger partial charge in [0.05, 0.1) is 13.2 Å². The molecule has 0 aliphatic heterocycles. The maximum atomic E-state index is 10.6. The highest BCUT2D eigenvalue weighted by Crippen LogP contribution is 1.83. The van der Waals surface area contributed by atoms with Crippen molar-refractivity contribution in [3.63, 3.8) is 0 Å². The summed E-state index contributed by atoms with van der Waals surface area (Å²) in [7, 11) is 0. The molecule has 5 heteroatoms. The van der Waals surface area contributed by atoms with Crippen LogP contribution in [0.1, 0.15) is 0 Å². The summed E-state index contributed by atoms with van der Waals surface area (Å²) >= 11 is 0. The van der Waals surface area contributed by atoms with Gasteiger partial charge in [0, 0.05) is 12.2 Å². The van der Waals surface area contributed by atoms with E-state index in [-0.39, 0.29) is 26.4 Å². The van der Waals surface area contributed by atoms with Crippen LogP contribution < -0.4 is 0 Å². The summed E-state index contributed by atoms with van der Waals surface area (Å²) in [5.74, 6) is -0.978. The van der Waals surface area contributed by atoms with Gasteiger partial charge < -0.3 is 14.2 Å². The molecule has 0 aromatic carbocycles. The molecule has 5 nitrogen and oxygen atoms in total. The van der Waals surface area contributed by atoms with Crippen LogP contribution in [0.4, 0.5) is 0 Å². The first-order valence-electron chi connectivity index (χ1n) is 4.87. The molecule has 0 spiro atoms. The maximum absolute atomic E-state index is 10.6. The van der Waals surface area contributed by atoms with Gasteiger partial charge in [-0.2, -0.15) is 0 Å². The second-order valence-electron chi connectivity index (χ2n) is 2.36. The lowest BCUT2D eigenvalue weighted by atomic mass is 10.6. The fraction of sp³-hybridized carbons (Fsp3) is 0.333. The van der Waals surface area contributed by atoms with E-state index in [1.807, 2.05) is 0 Å². The molecule has 0 aliphatic rings. The predicted molar refractivity (Wildman–Crippen MR) is 64.4 cm³/mol. The predicted octanol–water partition coefficient (Wildman–Crippen LogP) is 1.26. The van der Waals surface area contributed by atoms with E-state index in [2.05, 4.69) is 35.8 Å². The lowest BCUT2D eigenvalue weighted by molar-refractivity contribution is -0.140. The SMILES string of the molecule is C=C.C=CC(=O)OCCOCCOC(=O)C=C. The van der Waals surface area contributed by atoms with E-state index in [1.165, 1.54) is 0 Å². The first kappa shape index (κ1) is 17.5. The number of hydrogen-bond acceptors (Lipinski definition) is 5. The van der Waals surface area contributed by atoms with Crippen LogP contribution in [-0.2, 0) is 23.8 Å². The Morgan fingerprint density at radius 3 is 1.47 bits per heavy atom. The standard InChI is InChI=1S/C10H14O5.C2H4/c1-3-9(11)14-7-5-13-6-8-15-10(12)4-2;1-2/h3-4H,1-2,5-8H2;1-2H2. The third-order valence-corrected chi connectivity index (χ3v) is 1.28. The minimum absolute atomic E-state index is 0.153. The van der Waals surface area contributed by atoms with Crippen molar-refractivity contribution in [2.45, 2.75) is 0 Å². The molecular weight excluding hydrogens is 224 g/mol. The van der Waals surface area contributed by atoms with Gasteiger partial charge >= 0.3 is 11.9 Å². The molecule has 0 bridgehead atoms. The van der Waals surface area contributed by atoms with E-state index in [0.717, 1.165) is 12.2 Å². The fourth-order valence-corrected chi connectivity index (χ4v) is 0.622. The Labute approximate surface area is 101 Å². The van der Waals surface area contributed by atoms with Gasteiger partial charge in [0.2, 0.25) is 0 Å². The lowest BCUT2D eigenvalue weighted by Gasteiger charge is -2.04. The smallest absolute Gasteiger partial charge is 0.330 e. The molecule has 96 valence electrons. The average molecular weight is 242 g/mol. The van der Waals surface area contributed by atoms with E-state index in [0.29, 0.717) is 0 Å². The highest BCUT2D eigenvalue weighted by atomic mass is 16.6. The number of ether oxygens (including phenoxy) is 3. The van der Waals surface area contributed by atoms with Crippen LogP contribution in [0.2, 0.25) is 0 Å². The zero-order valence-corrected chi connectivity index (χ0v) is 9.85. The molecule has 0 aromatic heterocycles. The molecular formula is C12H18O5. The summed E-state index contributed by atoms with van der Waals surface area (Å²) in [4.78, 5) is 21.1. The summed E-state index contributed by atoms with van der Waals surface area (Å²) in [5, 5.41) is 0. The first-order valence-corrected chi connectivity index (χ1v) is 4.87. The van der Waals surface area contributed by atoms with Gasteiger partial charge in [-0.05, 0) is 0 Å². The minimum atomic E-state index is -0.489. The van der Waals surface area contributed by atoms with E-state index in [1.54, 1.807) is 0 Å². The Kier molecular flexibility index (Phi) is 14.5. The number of hydrogen-bond donors (Lipinski definition) is 0. The third kappa shape index (κ3) is 14.1. The molecule has 0 unspecified atom stereocenters. The second kappa shape index (κ2) is 14.1. The van der Waals surface area contributed by atoms with Crippen LogP contribution in [-0.4, -0.2) is 38.4 Å². The average Bonchev–Trinajstić information content (AvgIpc) is 2.39. The van der Waals surface area contributed by atoms with Crippen LogP contribution in [0.15, 0.2) is 38.5 Å². The maximum Gasteiger partial charge on any atom is 0.330 e.